The number of amides is 2. The van der Waals surface area contributed by atoms with Gasteiger partial charge in [-0.25, -0.2) is 5.01 Å². The lowest BCUT2D eigenvalue weighted by Gasteiger charge is -2.22. The normalized spacial score (nSPS) is 14.5. The second-order valence-electron chi connectivity index (χ2n) is 10.3. The maximum Gasteiger partial charge on any atom is 0.287 e. The van der Waals surface area contributed by atoms with Gasteiger partial charge in [-0.2, -0.15) is 5.10 Å². The van der Waals surface area contributed by atoms with Crippen LogP contribution in [0.1, 0.15) is 51.1 Å². The summed E-state index contributed by atoms with van der Waals surface area (Å²) in [6.45, 7) is 2.68. The maximum absolute atomic E-state index is 13.8. The minimum absolute atomic E-state index is 0.116. The van der Waals surface area contributed by atoms with E-state index in [2.05, 4.69) is 55.7 Å². The number of nitrogens with one attached hydrogen (secondary N) is 1. The van der Waals surface area contributed by atoms with Crippen LogP contribution >= 0.6 is 27.7 Å². The molecule has 222 valence electrons. The largest absolute Gasteiger partial charge is 0.459 e. The first-order valence-electron chi connectivity index (χ1n) is 14.1. The second-order valence-corrected chi connectivity index (χ2v) is 12.2. The number of benzene rings is 3. The molecular weight excluding hydrogens is 640 g/mol. The number of aryl methyl sites for hydroxylation is 1. The number of aromatic nitrogens is 3. The fourth-order valence-corrected chi connectivity index (χ4v) is 6.01. The van der Waals surface area contributed by atoms with Gasteiger partial charge in [0.25, 0.3) is 11.8 Å². The van der Waals surface area contributed by atoms with Crippen molar-refractivity contribution in [3.63, 3.8) is 0 Å². The molecule has 0 unspecified atom stereocenters. The van der Waals surface area contributed by atoms with Gasteiger partial charge in [-0.3, -0.25) is 9.59 Å². The van der Waals surface area contributed by atoms with Crippen LogP contribution in [-0.4, -0.2) is 43.1 Å². The predicted octanol–water partition coefficient (Wildman–Crippen LogP) is 6.39. The highest BCUT2D eigenvalue weighted by molar-refractivity contribution is 9.10. The number of hydrogen-bond donors (Lipinski definition) is 1. The maximum atomic E-state index is 13.8. The Labute approximate surface area is 267 Å². The number of carbonyl (C=O) groups excluding carboxylic acids is 2. The molecule has 11 heteroatoms. The van der Waals surface area contributed by atoms with E-state index >= 15 is 0 Å². The standard InChI is InChI=1S/C33H29BrN6O3S/c1-22-9-11-25(12-10-22)28-18-27(24-13-15-26(34)16-14-24)38-40(28)31(41)21-44-33-37-36-30(19-35-32(42)29-8-5-17-43-29)39(33)20-23-6-3-2-4-7-23/h2-17,28H,18-21H2,1H3,(H,35,42)/t28-/m0/s1. The van der Waals surface area contributed by atoms with Crippen molar-refractivity contribution in [2.45, 2.75) is 37.6 Å². The van der Waals surface area contributed by atoms with Gasteiger partial charge in [-0.05, 0) is 47.9 Å². The van der Waals surface area contributed by atoms with Gasteiger partial charge in [0.05, 0.1) is 36.9 Å². The summed E-state index contributed by atoms with van der Waals surface area (Å²) < 4.78 is 8.11. The van der Waals surface area contributed by atoms with Crippen molar-refractivity contribution in [1.29, 1.82) is 0 Å². The Bertz CT molecular complexity index is 1770. The molecule has 0 saturated heterocycles. The predicted molar refractivity (Wildman–Crippen MR) is 172 cm³/mol. The molecule has 0 bridgehead atoms. The van der Waals surface area contributed by atoms with E-state index in [9.17, 15) is 9.59 Å². The molecule has 2 amide bonds. The summed E-state index contributed by atoms with van der Waals surface area (Å²) in [5.41, 5.74) is 5.08. The van der Waals surface area contributed by atoms with Crippen LogP contribution < -0.4 is 5.32 Å². The molecular formula is C33H29BrN6O3S. The number of hydrazone groups is 1. The van der Waals surface area contributed by atoms with Gasteiger partial charge >= 0.3 is 0 Å². The van der Waals surface area contributed by atoms with Crippen molar-refractivity contribution in [3.05, 3.63) is 136 Å². The summed E-state index contributed by atoms with van der Waals surface area (Å²) in [4.78, 5) is 26.3. The van der Waals surface area contributed by atoms with Crippen LogP contribution in [0.25, 0.3) is 0 Å². The van der Waals surface area contributed by atoms with Crippen LogP contribution in [0, 0.1) is 6.92 Å². The SMILES string of the molecule is Cc1ccc([C@@H]2CC(c3ccc(Br)cc3)=NN2C(=O)CSc2nnc(CNC(=O)c3ccco3)n2Cc2ccccc2)cc1. The summed E-state index contributed by atoms with van der Waals surface area (Å²) in [6, 6.07) is 29.2. The zero-order valence-corrected chi connectivity index (χ0v) is 26.3. The first-order valence-corrected chi connectivity index (χ1v) is 15.8. The summed E-state index contributed by atoms with van der Waals surface area (Å²) in [6.07, 6.45) is 2.07. The summed E-state index contributed by atoms with van der Waals surface area (Å²) >= 11 is 4.80. The number of thioether (sulfide) groups is 1. The molecule has 0 aliphatic carbocycles. The molecule has 5 aromatic rings. The van der Waals surface area contributed by atoms with Gasteiger partial charge in [-0.1, -0.05) is 100.0 Å². The molecule has 3 heterocycles. The van der Waals surface area contributed by atoms with E-state index < -0.39 is 0 Å². The van der Waals surface area contributed by atoms with Crippen molar-refractivity contribution in [2.24, 2.45) is 5.10 Å². The monoisotopic (exact) mass is 668 g/mol. The average molecular weight is 670 g/mol. The molecule has 6 rings (SSSR count). The molecule has 3 aromatic carbocycles. The highest BCUT2D eigenvalue weighted by Crippen LogP contribution is 2.34. The van der Waals surface area contributed by atoms with Gasteiger partial charge in [0.15, 0.2) is 16.7 Å². The number of hydrogen-bond acceptors (Lipinski definition) is 7. The summed E-state index contributed by atoms with van der Waals surface area (Å²) in [7, 11) is 0. The molecule has 0 radical (unpaired) electrons. The lowest BCUT2D eigenvalue weighted by Crippen LogP contribution is -2.28. The minimum Gasteiger partial charge on any atom is -0.459 e. The third-order valence-corrected chi connectivity index (χ3v) is 8.74. The number of rotatable bonds is 10. The second kappa shape index (κ2) is 13.4. The Morgan fingerprint density at radius 1 is 0.977 bits per heavy atom. The highest BCUT2D eigenvalue weighted by atomic mass is 79.9. The zero-order valence-electron chi connectivity index (χ0n) is 23.9. The Balaban J connectivity index is 1.22. The molecule has 1 N–H and O–H groups in total. The van der Waals surface area contributed by atoms with Crippen LogP contribution in [0.4, 0.5) is 0 Å². The molecule has 0 saturated carbocycles. The van der Waals surface area contributed by atoms with E-state index in [0.29, 0.717) is 23.9 Å². The van der Waals surface area contributed by atoms with E-state index in [0.717, 1.165) is 32.4 Å². The average Bonchev–Trinajstić information content (AvgIpc) is 3.81. The Hall–Kier alpha value is -4.48. The lowest BCUT2D eigenvalue weighted by atomic mass is 9.98. The summed E-state index contributed by atoms with van der Waals surface area (Å²) in [5, 5.41) is 18.6. The minimum atomic E-state index is -0.343. The van der Waals surface area contributed by atoms with E-state index in [1.54, 1.807) is 17.1 Å². The molecule has 44 heavy (non-hydrogen) atoms. The first kappa shape index (κ1) is 29.6. The van der Waals surface area contributed by atoms with Crippen LogP contribution in [0.3, 0.4) is 0 Å². The quantitative estimate of drug-likeness (QED) is 0.173. The Morgan fingerprint density at radius 3 is 2.48 bits per heavy atom. The highest BCUT2D eigenvalue weighted by Gasteiger charge is 2.33. The molecule has 0 fully saturated rings. The van der Waals surface area contributed by atoms with Crippen molar-refractivity contribution >= 4 is 45.2 Å². The number of halogens is 1. The van der Waals surface area contributed by atoms with Crippen LogP contribution in [0.15, 0.2) is 116 Å². The fraction of sp³-hybridized carbons (Fsp3) is 0.182. The third kappa shape index (κ3) is 6.84. The Kier molecular flexibility index (Phi) is 9.04. The van der Waals surface area contributed by atoms with Gasteiger partial charge in [0.1, 0.15) is 0 Å². The Morgan fingerprint density at radius 2 is 1.75 bits per heavy atom. The van der Waals surface area contributed by atoms with Gasteiger partial charge < -0.3 is 14.3 Å². The molecule has 9 nitrogen and oxygen atoms in total. The van der Waals surface area contributed by atoms with Crippen molar-refractivity contribution in [3.8, 4) is 0 Å². The van der Waals surface area contributed by atoms with E-state index in [-0.39, 0.29) is 35.9 Å². The fourth-order valence-electron chi connectivity index (χ4n) is 4.93. The van der Waals surface area contributed by atoms with Gasteiger partial charge in [-0.15, -0.1) is 10.2 Å². The van der Waals surface area contributed by atoms with Crippen molar-refractivity contribution in [1.82, 2.24) is 25.1 Å². The molecule has 1 atom stereocenters. The van der Waals surface area contributed by atoms with E-state index in [4.69, 9.17) is 9.52 Å². The molecule has 1 aliphatic rings. The molecule has 1 aliphatic heterocycles. The summed E-state index contributed by atoms with van der Waals surface area (Å²) in [5.74, 6) is 0.429. The molecule has 0 spiro atoms. The van der Waals surface area contributed by atoms with Crippen LogP contribution in [-0.2, 0) is 17.9 Å². The van der Waals surface area contributed by atoms with Crippen molar-refractivity contribution in [2.75, 3.05) is 5.75 Å². The number of nitrogens with zero attached hydrogens (tertiary/aromatic N) is 5. The third-order valence-electron chi connectivity index (χ3n) is 7.26. The zero-order chi connectivity index (χ0) is 30.5. The lowest BCUT2D eigenvalue weighted by molar-refractivity contribution is -0.130. The van der Waals surface area contributed by atoms with Crippen LogP contribution in [0.2, 0.25) is 0 Å². The van der Waals surface area contributed by atoms with Gasteiger partial charge in [0, 0.05) is 10.9 Å². The topological polar surface area (TPSA) is 106 Å². The smallest absolute Gasteiger partial charge is 0.287 e. The number of furan rings is 1. The van der Waals surface area contributed by atoms with E-state index in [1.807, 2.05) is 66.1 Å². The van der Waals surface area contributed by atoms with Crippen LogP contribution in [0.5, 0.6) is 0 Å². The van der Waals surface area contributed by atoms with Crippen molar-refractivity contribution < 1.29 is 14.0 Å². The van der Waals surface area contributed by atoms with E-state index in [1.165, 1.54) is 18.0 Å². The molecule has 2 aromatic heterocycles. The number of carbonyl (C=O) groups is 2. The first-order chi connectivity index (χ1) is 21.4. The van der Waals surface area contributed by atoms with Gasteiger partial charge in [0.2, 0.25) is 0 Å².